The number of aliphatic hydroxyl groups is 1. The fraction of sp³-hybridized carbons (Fsp3) is 0.600. The average Bonchev–Trinajstić information content (AvgIpc) is 2.48. The average molecular weight is 259 g/mol. The number of aliphatic hydroxyl groups excluding tert-OH is 1. The first-order valence-electron chi connectivity index (χ1n) is 7.07. The fourth-order valence-corrected chi connectivity index (χ4v) is 2.84. The first-order valence-corrected chi connectivity index (χ1v) is 7.07. The van der Waals surface area contributed by atoms with E-state index in [1.54, 1.807) is 12.3 Å². The van der Waals surface area contributed by atoms with Crippen molar-refractivity contribution in [1.82, 2.24) is 4.98 Å². The van der Waals surface area contributed by atoms with Gasteiger partial charge in [-0.1, -0.05) is 19.3 Å². The molecule has 0 aliphatic heterocycles. The van der Waals surface area contributed by atoms with E-state index in [-0.39, 0.29) is 12.6 Å². The van der Waals surface area contributed by atoms with Crippen LogP contribution in [0.15, 0.2) is 18.3 Å². The van der Waals surface area contributed by atoms with Crippen molar-refractivity contribution in [2.45, 2.75) is 44.6 Å². The topological polar surface area (TPSA) is 68.9 Å². The molecule has 0 aromatic carbocycles. The molecule has 2 N–H and O–H groups in total. The van der Waals surface area contributed by atoms with Gasteiger partial charge in [0, 0.05) is 18.8 Å². The molecule has 1 heterocycles. The molecule has 1 aliphatic rings. The van der Waals surface area contributed by atoms with Crippen LogP contribution in [0.4, 0.5) is 5.82 Å². The van der Waals surface area contributed by atoms with Gasteiger partial charge in [0.1, 0.15) is 11.9 Å². The lowest BCUT2D eigenvalue weighted by Gasteiger charge is -2.31. The molecule has 102 valence electrons. The van der Waals surface area contributed by atoms with Crippen LogP contribution in [0.1, 0.15) is 44.1 Å². The fourth-order valence-electron chi connectivity index (χ4n) is 2.84. The first kappa shape index (κ1) is 13.8. The van der Waals surface area contributed by atoms with E-state index in [2.05, 4.69) is 16.4 Å². The summed E-state index contributed by atoms with van der Waals surface area (Å²) in [5, 5.41) is 21.4. The lowest BCUT2D eigenvalue weighted by atomic mass is 9.83. The van der Waals surface area contributed by atoms with Gasteiger partial charge in [-0.05, 0) is 37.3 Å². The van der Waals surface area contributed by atoms with Crippen LogP contribution in [-0.2, 0) is 0 Å². The van der Waals surface area contributed by atoms with E-state index in [1.807, 2.05) is 6.07 Å². The number of pyridine rings is 1. The number of nitrogens with one attached hydrogen (secondary N) is 1. The van der Waals surface area contributed by atoms with E-state index in [0.717, 1.165) is 12.2 Å². The lowest BCUT2D eigenvalue weighted by molar-refractivity contribution is 0.239. The highest BCUT2D eigenvalue weighted by Gasteiger charge is 2.23. The van der Waals surface area contributed by atoms with Gasteiger partial charge in [0.25, 0.3) is 0 Å². The second kappa shape index (κ2) is 7.10. The zero-order valence-corrected chi connectivity index (χ0v) is 11.2. The van der Waals surface area contributed by atoms with Crippen molar-refractivity contribution in [3.05, 3.63) is 23.9 Å². The van der Waals surface area contributed by atoms with Crippen LogP contribution in [0.5, 0.6) is 0 Å². The van der Waals surface area contributed by atoms with E-state index in [9.17, 15) is 5.11 Å². The number of hydrogen-bond donors (Lipinski definition) is 2. The van der Waals surface area contributed by atoms with Crippen LogP contribution in [0, 0.1) is 17.2 Å². The van der Waals surface area contributed by atoms with Crippen LogP contribution in [-0.4, -0.2) is 22.7 Å². The van der Waals surface area contributed by atoms with Gasteiger partial charge >= 0.3 is 0 Å². The third kappa shape index (κ3) is 3.93. The van der Waals surface area contributed by atoms with Crippen LogP contribution in [0.3, 0.4) is 0 Å². The third-order valence-corrected chi connectivity index (χ3v) is 3.88. The minimum atomic E-state index is 0.199. The maximum Gasteiger partial charge on any atom is 0.126 e. The summed E-state index contributed by atoms with van der Waals surface area (Å²) in [6, 6.07) is 5.96. The van der Waals surface area contributed by atoms with Crippen molar-refractivity contribution in [1.29, 1.82) is 5.26 Å². The summed E-state index contributed by atoms with van der Waals surface area (Å²) in [7, 11) is 0. The Morgan fingerprint density at radius 3 is 2.74 bits per heavy atom. The molecule has 4 nitrogen and oxygen atoms in total. The van der Waals surface area contributed by atoms with Gasteiger partial charge in [-0.25, -0.2) is 4.98 Å². The molecule has 1 aromatic rings. The smallest absolute Gasteiger partial charge is 0.126 e. The summed E-state index contributed by atoms with van der Waals surface area (Å²) in [4.78, 5) is 4.25. The third-order valence-electron chi connectivity index (χ3n) is 3.88. The van der Waals surface area contributed by atoms with Gasteiger partial charge in [-0.3, -0.25) is 0 Å². The Balaban J connectivity index is 2.00. The standard InChI is InChI=1S/C15H21N3O/c16-10-12-6-7-15(17-11-12)18-14(8-9-19)13-4-2-1-3-5-13/h6-7,11,13-14,19H,1-5,8-9H2,(H,17,18)/t14-/m1/s1. The minimum Gasteiger partial charge on any atom is -0.396 e. The van der Waals surface area contributed by atoms with Crippen molar-refractivity contribution >= 4 is 5.82 Å². The molecular weight excluding hydrogens is 238 g/mol. The molecule has 1 aromatic heterocycles. The lowest BCUT2D eigenvalue weighted by Crippen LogP contribution is -2.32. The molecule has 1 fully saturated rings. The van der Waals surface area contributed by atoms with Gasteiger partial charge in [-0.2, -0.15) is 5.26 Å². The number of nitrogens with zero attached hydrogens (tertiary/aromatic N) is 2. The molecule has 2 rings (SSSR count). The highest BCUT2D eigenvalue weighted by Crippen LogP contribution is 2.29. The van der Waals surface area contributed by atoms with Crippen molar-refractivity contribution in [3.63, 3.8) is 0 Å². The molecular formula is C15H21N3O. The Labute approximate surface area is 114 Å². The second-order valence-electron chi connectivity index (χ2n) is 5.21. The van der Waals surface area contributed by atoms with E-state index >= 15 is 0 Å². The van der Waals surface area contributed by atoms with E-state index in [4.69, 9.17) is 5.26 Å². The summed E-state index contributed by atoms with van der Waals surface area (Å²) in [5.41, 5.74) is 0.571. The first-order chi connectivity index (χ1) is 9.33. The van der Waals surface area contributed by atoms with Crippen LogP contribution in [0.2, 0.25) is 0 Å². The highest BCUT2D eigenvalue weighted by molar-refractivity contribution is 5.39. The quantitative estimate of drug-likeness (QED) is 0.853. The van der Waals surface area contributed by atoms with Crippen molar-refractivity contribution in [2.75, 3.05) is 11.9 Å². The Hall–Kier alpha value is -1.60. The van der Waals surface area contributed by atoms with Crippen LogP contribution < -0.4 is 5.32 Å². The van der Waals surface area contributed by atoms with E-state index < -0.39 is 0 Å². The monoisotopic (exact) mass is 259 g/mol. The van der Waals surface area contributed by atoms with Crippen LogP contribution >= 0.6 is 0 Å². The van der Waals surface area contributed by atoms with Gasteiger partial charge in [0.05, 0.1) is 5.56 Å². The van der Waals surface area contributed by atoms with Crippen molar-refractivity contribution in [2.24, 2.45) is 5.92 Å². The Morgan fingerprint density at radius 2 is 2.16 bits per heavy atom. The maximum atomic E-state index is 9.22. The molecule has 1 aliphatic carbocycles. The van der Waals surface area contributed by atoms with Crippen LogP contribution in [0.25, 0.3) is 0 Å². The summed E-state index contributed by atoms with van der Waals surface area (Å²) in [6.07, 6.45) is 8.70. The largest absolute Gasteiger partial charge is 0.396 e. The predicted octanol–water partition coefficient (Wildman–Crippen LogP) is 2.70. The summed E-state index contributed by atoms with van der Waals surface area (Å²) >= 11 is 0. The zero-order valence-electron chi connectivity index (χ0n) is 11.2. The molecule has 1 atom stereocenters. The van der Waals surface area contributed by atoms with E-state index in [0.29, 0.717) is 11.5 Å². The highest BCUT2D eigenvalue weighted by atomic mass is 16.3. The number of anilines is 1. The second-order valence-corrected chi connectivity index (χ2v) is 5.21. The molecule has 0 amide bonds. The molecule has 4 heteroatoms. The minimum absolute atomic E-state index is 0.199. The Kier molecular flexibility index (Phi) is 5.17. The summed E-state index contributed by atoms with van der Waals surface area (Å²) < 4.78 is 0. The van der Waals surface area contributed by atoms with Gasteiger partial charge in [0.2, 0.25) is 0 Å². The predicted molar refractivity (Wildman–Crippen MR) is 74.6 cm³/mol. The van der Waals surface area contributed by atoms with Crippen molar-refractivity contribution in [3.8, 4) is 6.07 Å². The number of nitriles is 1. The molecule has 19 heavy (non-hydrogen) atoms. The SMILES string of the molecule is N#Cc1ccc(N[C@H](CCO)C2CCCCC2)nc1. The maximum absolute atomic E-state index is 9.22. The molecule has 0 saturated heterocycles. The van der Waals surface area contributed by atoms with E-state index in [1.165, 1.54) is 32.1 Å². The van der Waals surface area contributed by atoms with Gasteiger partial charge in [0.15, 0.2) is 0 Å². The Bertz CT molecular complexity index is 418. The van der Waals surface area contributed by atoms with Gasteiger partial charge < -0.3 is 10.4 Å². The summed E-state index contributed by atoms with van der Waals surface area (Å²) in [5.74, 6) is 1.42. The molecule has 0 unspecified atom stereocenters. The van der Waals surface area contributed by atoms with Crippen molar-refractivity contribution < 1.29 is 5.11 Å². The zero-order chi connectivity index (χ0) is 13.5. The number of aromatic nitrogens is 1. The molecule has 0 bridgehead atoms. The molecule has 0 radical (unpaired) electrons. The number of rotatable bonds is 5. The summed E-state index contributed by atoms with van der Waals surface area (Å²) in [6.45, 7) is 0.199. The normalized spacial score (nSPS) is 17.7. The number of hydrogen-bond acceptors (Lipinski definition) is 4. The Morgan fingerprint density at radius 1 is 1.37 bits per heavy atom. The molecule has 0 spiro atoms. The molecule has 1 saturated carbocycles. The van der Waals surface area contributed by atoms with Gasteiger partial charge in [-0.15, -0.1) is 0 Å².